The lowest BCUT2D eigenvalue weighted by atomic mass is 9.97. The monoisotopic (exact) mass is 239 g/mol. The predicted molar refractivity (Wildman–Crippen MR) is 68.9 cm³/mol. The van der Waals surface area contributed by atoms with Crippen LogP contribution in [0.25, 0.3) is 0 Å². The van der Waals surface area contributed by atoms with Crippen molar-refractivity contribution in [2.75, 3.05) is 27.2 Å². The van der Waals surface area contributed by atoms with Crippen molar-refractivity contribution in [2.24, 2.45) is 0 Å². The highest BCUT2D eigenvalue weighted by molar-refractivity contribution is 5.77. The van der Waals surface area contributed by atoms with E-state index in [1.807, 2.05) is 14.1 Å². The summed E-state index contributed by atoms with van der Waals surface area (Å²) in [5.74, 6) is 0.240. The van der Waals surface area contributed by atoms with E-state index in [0.29, 0.717) is 24.7 Å². The van der Waals surface area contributed by atoms with Crippen LogP contribution in [0, 0.1) is 0 Å². The first-order valence-corrected chi connectivity index (χ1v) is 6.81. The number of likely N-dealkylation sites (N-methyl/N-ethyl adjacent to an activating group) is 1. The van der Waals surface area contributed by atoms with Crippen molar-refractivity contribution in [1.82, 2.24) is 15.1 Å². The molecule has 4 heteroatoms. The second-order valence-corrected chi connectivity index (χ2v) is 5.57. The Labute approximate surface area is 104 Å². The topological polar surface area (TPSA) is 35.6 Å². The number of rotatable bonds is 4. The molecule has 2 fully saturated rings. The van der Waals surface area contributed by atoms with Crippen LogP contribution < -0.4 is 5.32 Å². The number of hydrogen-bond acceptors (Lipinski definition) is 3. The quantitative estimate of drug-likeness (QED) is 0.783. The van der Waals surface area contributed by atoms with Gasteiger partial charge in [-0.05, 0) is 32.2 Å². The summed E-state index contributed by atoms with van der Waals surface area (Å²) in [5, 5.41) is 3.56. The van der Waals surface area contributed by atoms with Gasteiger partial charge in [0, 0.05) is 32.2 Å². The van der Waals surface area contributed by atoms with Crippen molar-refractivity contribution in [3.05, 3.63) is 0 Å². The van der Waals surface area contributed by atoms with Gasteiger partial charge in [-0.1, -0.05) is 6.92 Å². The molecule has 1 N–H and O–H groups in total. The van der Waals surface area contributed by atoms with Gasteiger partial charge in [0.15, 0.2) is 0 Å². The summed E-state index contributed by atoms with van der Waals surface area (Å²) in [6.45, 7) is 3.84. The molecule has 2 atom stereocenters. The van der Waals surface area contributed by atoms with Crippen LogP contribution in [0.1, 0.15) is 32.6 Å². The molecule has 2 rings (SSSR count). The minimum Gasteiger partial charge on any atom is -0.348 e. The van der Waals surface area contributed by atoms with Gasteiger partial charge in [-0.15, -0.1) is 0 Å². The molecule has 0 aromatic heterocycles. The third-order valence-electron chi connectivity index (χ3n) is 4.19. The maximum absolute atomic E-state index is 11.8. The maximum atomic E-state index is 11.8. The first-order valence-electron chi connectivity index (χ1n) is 6.81. The minimum atomic E-state index is 0.240. The zero-order valence-electron chi connectivity index (χ0n) is 11.3. The number of piperidine rings is 1. The highest BCUT2D eigenvalue weighted by atomic mass is 16.2. The van der Waals surface area contributed by atoms with E-state index in [4.69, 9.17) is 0 Å². The van der Waals surface area contributed by atoms with Gasteiger partial charge in [-0.25, -0.2) is 0 Å². The van der Waals surface area contributed by atoms with E-state index in [1.165, 1.54) is 25.7 Å². The van der Waals surface area contributed by atoms with E-state index < -0.39 is 0 Å². The normalized spacial score (nSPS) is 32.8. The molecule has 2 heterocycles. The van der Waals surface area contributed by atoms with Crippen molar-refractivity contribution in [1.29, 1.82) is 0 Å². The first-order chi connectivity index (χ1) is 8.11. The van der Waals surface area contributed by atoms with Gasteiger partial charge < -0.3 is 10.2 Å². The number of carbonyl (C=O) groups excluding carboxylic acids is 1. The number of fused-ring (bicyclic) bond motifs is 2. The summed E-state index contributed by atoms with van der Waals surface area (Å²) in [7, 11) is 3.69. The van der Waals surface area contributed by atoms with Gasteiger partial charge in [-0.2, -0.15) is 0 Å². The average molecular weight is 239 g/mol. The number of carbonyl (C=O) groups is 1. The zero-order chi connectivity index (χ0) is 12.4. The Balaban J connectivity index is 1.92. The molecule has 98 valence electrons. The van der Waals surface area contributed by atoms with Crippen LogP contribution in [-0.4, -0.2) is 61.0 Å². The third kappa shape index (κ3) is 2.80. The van der Waals surface area contributed by atoms with Crippen LogP contribution in [0.15, 0.2) is 0 Å². The fourth-order valence-electron chi connectivity index (χ4n) is 3.29. The molecule has 0 saturated carbocycles. The van der Waals surface area contributed by atoms with Crippen molar-refractivity contribution in [3.63, 3.8) is 0 Å². The predicted octanol–water partition coefficient (Wildman–Crippen LogP) is 0.680. The van der Waals surface area contributed by atoms with Crippen LogP contribution in [0.3, 0.4) is 0 Å². The fraction of sp³-hybridized carbons (Fsp3) is 0.923. The van der Waals surface area contributed by atoms with Gasteiger partial charge in [0.1, 0.15) is 0 Å². The molecule has 2 bridgehead atoms. The number of nitrogens with one attached hydrogen (secondary N) is 1. The minimum absolute atomic E-state index is 0.240. The van der Waals surface area contributed by atoms with Gasteiger partial charge >= 0.3 is 0 Å². The van der Waals surface area contributed by atoms with E-state index in [-0.39, 0.29) is 5.91 Å². The number of amides is 1. The lowest BCUT2D eigenvalue weighted by Gasteiger charge is -2.39. The number of nitrogens with zero attached hydrogens (tertiary/aromatic N) is 2. The van der Waals surface area contributed by atoms with Crippen LogP contribution in [0.5, 0.6) is 0 Å². The molecule has 1 amide bonds. The summed E-state index contributed by atoms with van der Waals surface area (Å²) in [5.41, 5.74) is 0. The van der Waals surface area contributed by atoms with Crippen LogP contribution in [-0.2, 0) is 4.79 Å². The smallest absolute Gasteiger partial charge is 0.236 e. The van der Waals surface area contributed by atoms with Crippen molar-refractivity contribution < 1.29 is 4.79 Å². The summed E-state index contributed by atoms with van der Waals surface area (Å²) >= 11 is 0. The van der Waals surface area contributed by atoms with E-state index in [2.05, 4.69) is 17.1 Å². The Morgan fingerprint density at radius 2 is 1.88 bits per heavy atom. The molecule has 17 heavy (non-hydrogen) atoms. The Kier molecular flexibility index (Phi) is 4.05. The largest absolute Gasteiger partial charge is 0.348 e. The SMILES string of the molecule is CCNC1CC2CCC(C1)N2CC(=O)N(C)C. The molecule has 0 spiro atoms. The van der Waals surface area contributed by atoms with Crippen molar-refractivity contribution in [3.8, 4) is 0 Å². The van der Waals surface area contributed by atoms with Gasteiger partial charge in [-0.3, -0.25) is 9.69 Å². The Morgan fingerprint density at radius 3 is 2.35 bits per heavy atom. The maximum Gasteiger partial charge on any atom is 0.236 e. The molecule has 4 nitrogen and oxygen atoms in total. The van der Waals surface area contributed by atoms with Crippen LogP contribution in [0.2, 0.25) is 0 Å². The van der Waals surface area contributed by atoms with E-state index >= 15 is 0 Å². The molecule has 0 aromatic carbocycles. The highest BCUT2D eigenvalue weighted by Crippen LogP contribution is 2.35. The Morgan fingerprint density at radius 1 is 1.29 bits per heavy atom. The summed E-state index contributed by atoms with van der Waals surface area (Å²) < 4.78 is 0. The summed E-state index contributed by atoms with van der Waals surface area (Å²) in [6, 6.07) is 1.92. The summed E-state index contributed by atoms with van der Waals surface area (Å²) in [6.07, 6.45) is 4.97. The lowest BCUT2D eigenvalue weighted by Crippen LogP contribution is -2.51. The molecule has 2 aliphatic rings. The molecule has 0 aromatic rings. The Bertz CT molecular complexity index is 266. The third-order valence-corrected chi connectivity index (χ3v) is 4.19. The molecular weight excluding hydrogens is 214 g/mol. The fourth-order valence-corrected chi connectivity index (χ4v) is 3.29. The van der Waals surface area contributed by atoms with E-state index in [0.717, 1.165) is 6.54 Å². The molecule has 2 saturated heterocycles. The number of hydrogen-bond donors (Lipinski definition) is 1. The van der Waals surface area contributed by atoms with Crippen LogP contribution in [0.4, 0.5) is 0 Å². The molecular formula is C13H25N3O. The average Bonchev–Trinajstić information content (AvgIpc) is 2.52. The standard InChI is InChI=1S/C13H25N3O/c1-4-14-10-7-11-5-6-12(8-10)16(11)9-13(17)15(2)3/h10-12,14H,4-9H2,1-3H3. The lowest BCUT2D eigenvalue weighted by molar-refractivity contribution is -0.131. The summed E-state index contributed by atoms with van der Waals surface area (Å²) in [4.78, 5) is 16.0. The molecule has 2 aliphatic heterocycles. The van der Waals surface area contributed by atoms with Gasteiger partial charge in [0.25, 0.3) is 0 Å². The first kappa shape index (κ1) is 12.8. The van der Waals surface area contributed by atoms with Crippen molar-refractivity contribution in [2.45, 2.75) is 50.7 Å². The second kappa shape index (κ2) is 5.36. The Hall–Kier alpha value is -0.610. The van der Waals surface area contributed by atoms with Gasteiger partial charge in [0.05, 0.1) is 6.54 Å². The van der Waals surface area contributed by atoms with Crippen molar-refractivity contribution >= 4 is 5.91 Å². The second-order valence-electron chi connectivity index (χ2n) is 5.57. The molecule has 0 radical (unpaired) electrons. The zero-order valence-corrected chi connectivity index (χ0v) is 11.3. The van der Waals surface area contributed by atoms with E-state index in [9.17, 15) is 4.79 Å². The molecule has 2 unspecified atom stereocenters. The highest BCUT2D eigenvalue weighted by Gasteiger charge is 2.41. The van der Waals surface area contributed by atoms with Crippen LogP contribution >= 0.6 is 0 Å². The van der Waals surface area contributed by atoms with E-state index in [1.54, 1.807) is 4.90 Å². The van der Waals surface area contributed by atoms with Gasteiger partial charge in [0.2, 0.25) is 5.91 Å². The molecule has 0 aliphatic carbocycles.